The third kappa shape index (κ3) is 1.88. The first-order chi connectivity index (χ1) is 7.65. The van der Waals surface area contributed by atoms with Crippen molar-refractivity contribution in [3.8, 4) is 0 Å². The van der Waals surface area contributed by atoms with E-state index in [1.807, 2.05) is 7.05 Å². The largest absolute Gasteiger partial charge is 0.313 e. The summed E-state index contributed by atoms with van der Waals surface area (Å²) in [6.07, 6.45) is 6.10. The van der Waals surface area contributed by atoms with Crippen LogP contribution in [0.15, 0.2) is 6.20 Å². The molecule has 0 bridgehead atoms. The second-order valence-corrected chi connectivity index (χ2v) is 5.16. The Labute approximate surface area is 98.2 Å². The van der Waals surface area contributed by atoms with Crippen molar-refractivity contribution < 1.29 is 0 Å². The fourth-order valence-corrected chi connectivity index (χ4v) is 2.39. The van der Waals surface area contributed by atoms with Gasteiger partial charge in [0.2, 0.25) is 0 Å². The highest BCUT2D eigenvalue weighted by atomic mass is 15.3. The zero-order valence-corrected chi connectivity index (χ0v) is 10.8. The van der Waals surface area contributed by atoms with Crippen LogP contribution in [-0.4, -0.2) is 16.8 Å². The molecule has 2 rings (SSSR count). The molecule has 0 spiro atoms. The molecule has 1 unspecified atom stereocenters. The van der Waals surface area contributed by atoms with Crippen molar-refractivity contribution in [3.63, 3.8) is 0 Å². The summed E-state index contributed by atoms with van der Waals surface area (Å²) >= 11 is 0. The molecule has 1 N–H and O–H groups in total. The van der Waals surface area contributed by atoms with Crippen LogP contribution in [0.1, 0.15) is 69.3 Å². The molecule has 0 saturated heterocycles. The van der Waals surface area contributed by atoms with Crippen molar-refractivity contribution in [1.29, 1.82) is 0 Å². The molecule has 1 aliphatic rings. The molecule has 0 amide bonds. The molecule has 1 saturated carbocycles. The van der Waals surface area contributed by atoms with E-state index in [-0.39, 0.29) is 0 Å². The molecule has 1 aromatic rings. The molecule has 90 valence electrons. The van der Waals surface area contributed by atoms with Crippen LogP contribution >= 0.6 is 0 Å². The minimum Gasteiger partial charge on any atom is -0.313 e. The van der Waals surface area contributed by atoms with Crippen molar-refractivity contribution in [1.82, 2.24) is 15.1 Å². The summed E-state index contributed by atoms with van der Waals surface area (Å²) in [5.74, 6) is 0.746. The SMILES string of the molecule is CNC(C)c1cnn(C(C)C)c1C1CCC1. The lowest BCUT2D eigenvalue weighted by atomic mass is 9.80. The van der Waals surface area contributed by atoms with E-state index in [1.54, 1.807) is 0 Å². The van der Waals surface area contributed by atoms with Crippen LogP contribution in [0.5, 0.6) is 0 Å². The van der Waals surface area contributed by atoms with Gasteiger partial charge in [-0.2, -0.15) is 5.10 Å². The second-order valence-electron chi connectivity index (χ2n) is 5.16. The lowest BCUT2D eigenvalue weighted by Gasteiger charge is -2.29. The number of nitrogens with zero attached hydrogens (tertiary/aromatic N) is 2. The van der Waals surface area contributed by atoms with Gasteiger partial charge in [-0.1, -0.05) is 6.42 Å². The molecule has 3 heteroatoms. The van der Waals surface area contributed by atoms with Crippen LogP contribution < -0.4 is 5.32 Å². The number of nitrogens with one attached hydrogen (secondary N) is 1. The predicted molar refractivity (Wildman–Crippen MR) is 66.7 cm³/mol. The average molecular weight is 221 g/mol. The number of aromatic nitrogens is 2. The molecule has 1 aliphatic carbocycles. The average Bonchev–Trinajstić information content (AvgIpc) is 2.58. The van der Waals surface area contributed by atoms with E-state index in [1.165, 1.54) is 30.5 Å². The van der Waals surface area contributed by atoms with Gasteiger partial charge in [-0.3, -0.25) is 4.68 Å². The van der Waals surface area contributed by atoms with Crippen molar-refractivity contribution in [2.24, 2.45) is 0 Å². The van der Waals surface area contributed by atoms with Crippen LogP contribution in [0, 0.1) is 0 Å². The number of rotatable bonds is 4. The Bertz CT molecular complexity index is 350. The fourth-order valence-electron chi connectivity index (χ4n) is 2.39. The Morgan fingerprint density at radius 2 is 2.06 bits per heavy atom. The van der Waals surface area contributed by atoms with Gasteiger partial charge in [0.1, 0.15) is 0 Å². The highest BCUT2D eigenvalue weighted by molar-refractivity contribution is 5.27. The standard InChI is InChI=1S/C13H23N3/c1-9(2)16-13(11-6-5-7-11)12(8-15-16)10(3)14-4/h8-11,14H,5-7H2,1-4H3. The van der Waals surface area contributed by atoms with Gasteiger partial charge in [0, 0.05) is 29.3 Å². The molecular weight excluding hydrogens is 198 g/mol. The van der Waals surface area contributed by atoms with E-state index in [4.69, 9.17) is 0 Å². The van der Waals surface area contributed by atoms with Gasteiger partial charge in [0.25, 0.3) is 0 Å². The molecule has 16 heavy (non-hydrogen) atoms. The maximum atomic E-state index is 4.56. The van der Waals surface area contributed by atoms with Gasteiger partial charge in [0.05, 0.1) is 6.20 Å². The third-order valence-corrected chi connectivity index (χ3v) is 3.74. The van der Waals surface area contributed by atoms with E-state index in [0.717, 1.165) is 5.92 Å². The first kappa shape index (κ1) is 11.6. The van der Waals surface area contributed by atoms with Crippen molar-refractivity contribution >= 4 is 0 Å². The summed E-state index contributed by atoms with van der Waals surface area (Å²) in [7, 11) is 2.02. The summed E-state index contributed by atoms with van der Waals surface area (Å²) < 4.78 is 2.22. The summed E-state index contributed by atoms with van der Waals surface area (Å²) in [5, 5.41) is 7.89. The van der Waals surface area contributed by atoms with Gasteiger partial charge < -0.3 is 5.32 Å². The van der Waals surface area contributed by atoms with Crippen LogP contribution in [0.25, 0.3) is 0 Å². The Hall–Kier alpha value is -0.830. The molecule has 3 nitrogen and oxygen atoms in total. The zero-order valence-electron chi connectivity index (χ0n) is 10.8. The highest BCUT2D eigenvalue weighted by Gasteiger charge is 2.28. The molecule has 0 aliphatic heterocycles. The molecular formula is C13H23N3. The van der Waals surface area contributed by atoms with Gasteiger partial charge in [-0.25, -0.2) is 0 Å². The Morgan fingerprint density at radius 1 is 1.38 bits per heavy atom. The molecule has 0 radical (unpaired) electrons. The maximum Gasteiger partial charge on any atom is 0.0540 e. The highest BCUT2D eigenvalue weighted by Crippen LogP contribution is 2.40. The quantitative estimate of drug-likeness (QED) is 0.847. The minimum atomic E-state index is 0.406. The van der Waals surface area contributed by atoms with Crippen molar-refractivity contribution in [2.45, 2.75) is 58.0 Å². The Kier molecular flexibility index (Phi) is 3.33. The van der Waals surface area contributed by atoms with E-state index < -0.39 is 0 Å². The summed E-state index contributed by atoms with van der Waals surface area (Å²) in [6.45, 7) is 6.63. The van der Waals surface area contributed by atoms with Gasteiger partial charge in [0.15, 0.2) is 0 Å². The molecule has 0 aromatic carbocycles. The maximum absolute atomic E-state index is 4.56. The van der Waals surface area contributed by atoms with Gasteiger partial charge >= 0.3 is 0 Å². The number of hydrogen-bond donors (Lipinski definition) is 1. The molecule has 1 fully saturated rings. The first-order valence-corrected chi connectivity index (χ1v) is 6.39. The third-order valence-electron chi connectivity index (χ3n) is 3.74. The lowest BCUT2D eigenvalue weighted by Crippen LogP contribution is -2.21. The molecule has 1 aromatic heterocycles. The van der Waals surface area contributed by atoms with Gasteiger partial charge in [-0.05, 0) is 40.7 Å². The van der Waals surface area contributed by atoms with E-state index in [9.17, 15) is 0 Å². The van der Waals surface area contributed by atoms with Crippen LogP contribution in [-0.2, 0) is 0 Å². The van der Waals surface area contributed by atoms with Crippen molar-refractivity contribution in [2.75, 3.05) is 7.05 Å². The van der Waals surface area contributed by atoms with Crippen LogP contribution in [0.2, 0.25) is 0 Å². The summed E-state index contributed by atoms with van der Waals surface area (Å²) in [6, 6.07) is 0.872. The zero-order chi connectivity index (χ0) is 11.7. The minimum absolute atomic E-state index is 0.406. The normalized spacial score (nSPS) is 18.8. The topological polar surface area (TPSA) is 29.9 Å². The molecule has 1 heterocycles. The monoisotopic (exact) mass is 221 g/mol. The second kappa shape index (κ2) is 4.58. The van der Waals surface area contributed by atoms with E-state index in [0.29, 0.717) is 12.1 Å². The number of hydrogen-bond acceptors (Lipinski definition) is 2. The van der Waals surface area contributed by atoms with E-state index in [2.05, 4.69) is 42.1 Å². The van der Waals surface area contributed by atoms with E-state index >= 15 is 0 Å². The van der Waals surface area contributed by atoms with Crippen molar-refractivity contribution in [3.05, 3.63) is 17.5 Å². The first-order valence-electron chi connectivity index (χ1n) is 6.39. The predicted octanol–water partition coefficient (Wildman–Crippen LogP) is 3.01. The smallest absolute Gasteiger partial charge is 0.0540 e. The summed E-state index contributed by atoms with van der Waals surface area (Å²) in [4.78, 5) is 0. The van der Waals surface area contributed by atoms with Crippen LogP contribution in [0.3, 0.4) is 0 Å². The van der Waals surface area contributed by atoms with Crippen LogP contribution in [0.4, 0.5) is 0 Å². The lowest BCUT2D eigenvalue weighted by molar-refractivity contribution is 0.371. The Balaban J connectivity index is 2.36. The summed E-state index contributed by atoms with van der Waals surface area (Å²) in [5.41, 5.74) is 2.86. The molecule has 1 atom stereocenters. The van der Waals surface area contributed by atoms with Gasteiger partial charge in [-0.15, -0.1) is 0 Å². The Morgan fingerprint density at radius 3 is 2.50 bits per heavy atom. The fraction of sp³-hybridized carbons (Fsp3) is 0.769.